The second-order valence-electron chi connectivity index (χ2n) is 3.63. The van der Waals surface area contributed by atoms with Crippen molar-refractivity contribution in [1.29, 1.82) is 0 Å². The minimum absolute atomic E-state index is 0.210. The number of carbonyl (C=O) groups excluding carboxylic acids is 1. The maximum Gasteiger partial charge on any atom is 0.272 e. The quantitative estimate of drug-likeness (QED) is 0.822. The van der Waals surface area contributed by atoms with Crippen LogP contribution < -0.4 is 5.32 Å². The maximum atomic E-state index is 11.6. The summed E-state index contributed by atoms with van der Waals surface area (Å²) in [6.07, 6.45) is 0. The number of furan rings is 1. The molecule has 0 saturated carbocycles. The zero-order valence-electron chi connectivity index (χ0n) is 9.20. The van der Waals surface area contributed by atoms with Crippen LogP contribution in [0.15, 0.2) is 22.6 Å². The van der Waals surface area contributed by atoms with E-state index in [0.29, 0.717) is 12.2 Å². The molecule has 0 spiro atoms. The average Bonchev–Trinajstić information content (AvgIpc) is 2.84. The molecule has 2 heterocycles. The van der Waals surface area contributed by atoms with Crippen LogP contribution in [0.2, 0.25) is 0 Å². The van der Waals surface area contributed by atoms with Crippen LogP contribution >= 0.6 is 0 Å². The number of hydrogen-bond donors (Lipinski definition) is 2. The molecule has 16 heavy (non-hydrogen) atoms. The fourth-order valence-corrected chi connectivity index (χ4v) is 1.37. The van der Waals surface area contributed by atoms with Crippen molar-refractivity contribution in [3.8, 4) is 0 Å². The van der Waals surface area contributed by atoms with Crippen LogP contribution in [0, 0.1) is 13.8 Å². The molecule has 5 heteroatoms. The van der Waals surface area contributed by atoms with Crippen LogP contribution in [0.1, 0.15) is 27.7 Å². The third-order valence-electron chi connectivity index (χ3n) is 2.16. The van der Waals surface area contributed by atoms with Gasteiger partial charge < -0.3 is 9.73 Å². The van der Waals surface area contributed by atoms with Crippen molar-refractivity contribution in [2.75, 3.05) is 0 Å². The summed E-state index contributed by atoms with van der Waals surface area (Å²) in [5, 5.41) is 9.31. The Bertz CT molecular complexity index is 499. The molecule has 0 aliphatic carbocycles. The second-order valence-corrected chi connectivity index (χ2v) is 3.63. The van der Waals surface area contributed by atoms with Crippen LogP contribution in [-0.2, 0) is 6.54 Å². The smallest absolute Gasteiger partial charge is 0.272 e. The predicted molar refractivity (Wildman–Crippen MR) is 57.9 cm³/mol. The van der Waals surface area contributed by atoms with E-state index >= 15 is 0 Å². The fourth-order valence-electron chi connectivity index (χ4n) is 1.37. The van der Waals surface area contributed by atoms with Crippen molar-refractivity contribution in [3.05, 3.63) is 41.1 Å². The first-order valence-corrected chi connectivity index (χ1v) is 5.00. The van der Waals surface area contributed by atoms with E-state index in [1.54, 1.807) is 6.07 Å². The summed E-state index contributed by atoms with van der Waals surface area (Å²) in [6.45, 7) is 4.08. The van der Waals surface area contributed by atoms with E-state index in [0.717, 1.165) is 17.2 Å². The fraction of sp³-hybridized carbons (Fsp3) is 0.273. The van der Waals surface area contributed by atoms with Crippen molar-refractivity contribution >= 4 is 5.91 Å². The summed E-state index contributed by atoms with van der Waals surface area (Å²) in [5.41, 5.74) is 1.25. The van der Waals surface area contributed by atoms with Crippen LogP contribution in [0.3, 0.4) is 0 Å². The van der Waals surface area contributed by atoms with Crippen molar-refractivity contribution < 1.29 is 9.21 Å². The van der Waals surface area contributed by atoms with Gasteiger partial charge in [-0.25, -0.2) is 0 Å². The number of hydrogen-bond acceptors (Lipinski definition) is 3. The first-order valence-electron chi connectivity index (χ1n) is 5.00. The molecular formula is C11H13N3O2. The molecule has 84 valence electrons. The van der Waals surface area contributed by atoms with Crippen molar-refractivity contribution in [2.24, 2.45) is 0 Å². The summed E-state index contributed by atoms with van der Waals surface area (Å²) in [6, 6.07) is 5.40. The molecule has 0 unspecified atom stereocenters. The number of amides is 1. The topological polar surface area (TPSA) is 70.9 Å². The Labute approximate surface area is 92.9 Å². The van der Waals surface area contributed by atoms with Gasteiger partial charge in [-0.05, 0) is 32.0 Å². The van der Waals surface area contributed by atoms with E-state index in [-0.39, 0.29) is 5.91 Å². The average molecular weight is 219 g/mol. The summed E-state index contributed by atoms with van der Waals surface area (Å²) in [4.78, 5) is 11.6. The molecule has 2 aromatic rings. The van der Waals surface area contributed by atoms with Gasteiger partial charge in [0.2, 0.25) is 0 Å². The Kier molecular flexibility index (Phi) is 2.76. The summed E-state index contributed by atoms with van der Waals surface area (Å²) in [5.74, 6) is 1.36. The highest BCUT2D eigenvalue weighted by Crippen LogP contribution is 2.06. The molecule has 5 nitrogen and oxygen atoms in total. The zero-order chi connectivity index (χ0) is 11.5. The Hall–Kier alpha value is -2.04. The molecule has 0 fully saturated rings. The lowest BCUT2D eigenvalue weighted by Gasteiger charge is -1.99. The molecule has 0 aliphatic heterocycles. The number of aromatic amines is 1. The molecule has 2 aromatic heterocycles. The van der Waals surface area contributed by atoms with Crippen LogP contribution in [0.4, 0.5) is 0 Å². The minimum Gasteiger partial charge on any atom is -0.465 e. The minimum atomic E-state index is -0.210. The highest BCUT2D eigenvalue weighted by molar-refractivity contribution is 5.92. The lowest BCUT2D eigenvalue weighted by atomic mass is 10.3. The van der Waals surface area contributed by atoms with E-state index < -0.39 is 0 Å². The first-order chi connectivity index (χ1) is 7.65. The molecule has 0 aliphatic rings. The number of nitrogens with one attached hydrogen (secondary N) is 2. The highest BCUT2D eigenvalue weighted by Gasteiger charge is 2.09. The number of H-pyrrole nitrogens is 1. The Morgan fingerprint density at radius 1 is 1.50 bits per heavy atom. The Morgan fingerprint density at radius 3 is 2.88 bits per heavy atom. The highest BCUT2D eigenvalue weighted by atomic mass is 16.3. The third-order valence-corrected chi connectivity index (χ3v) is 2.16. The molecule has 2 rings (SSSR count). The molecule has 0 radical (unpaired) electrons. The van der Waals surface area contributed by atoms with Gasteiger partial charge in [-0.15, -0.1) is 0 Å². The maximum absolute atomic E-state index is 11.6. The summed E-state index contributed by atoms with van der Waals surface area (Å²) < 4.78 is 5.33. The first kappa shape index (κ1) is 10.5. The van der Waals surface area contributed by atoms with Crippen LogP contribution in [0.25, 0.3) is 0 Å². The van der Waals surface area contributed by atoms with E-state index in [9.17, 15) is 4.79 Å². The SMILES string of the molecule is Cc1cc(C(=O)NCc2ccc(C)o2)n[nH]1. The Balaban J connectivity index is 1.93. The van der Waals surface area contributed by atoms with Gasteiger partial charge >= 0.3 is 0 Å². The lowest BCUT2D eigenvalue weighted by Crippen LogP contribution is -2.22. The molecule has 0 bridgehead atoms. The largest absolute Gasteiger partial charge is 0.465 e. The summed E-state index contributed by atoms with van der Waals surface area (Å²) in [7, 11) is 0. The zero-order valence-corrected chi connectivity index (χ0v) is 9.20. The number of aromatic nitrogens is 2. The van der Waals surface area contributed by atoms with Gasteiger partial charge in [0.25, 0.3) is 5.91 Å². The second kappa shape index (κ2) is 4.22. The molecule has 0 saturated heterocycles. The number of rotatable bonds is 3. The van der Waals surface area contributed by atoms with Crippen molar-refractivity contribution in [3.63, 3.8) is 0 Å². The molecule has 1 amide bonds. The van der Waals surface area contributed by atoms with E-state index in [1.807, 2.05) is 26.0 Å². The van der Waals surface area contributed by atoms with Gasteiger partial charge in [0.05, 0.1) is 6.54 Å². The molecule has 2 N–H and O–H groups in total. The van der Waals surface area contributed by atoms with E-state index in [2.05, 4.69) is 15.5 Å². The van der Waals surface area contributed by atoms with Gasteiger partial charge in [0, 0.05) is 5.69 Å². The van der Waals surface area contributed by atoms with Gasteiger partial charge in [0.15, 0.2) is 0 Å². The van der Waals surface area contributed by atoms with E-state index in [1.165, 1.54) is 0 Å². The number of carbonyl (C=O) groups is 1. The van der Waals surface area contributed by atoms with Crippen molar-refractivity contribution in [1.82, 2.24) is 15.5 Å². The lowest BCUT2D eigenvalue weighted by molar-refractivity contribution is 0.0943. The monoisotopic (exact) mass is 219 g/mol. The van der Waals surface area contributed by atoms with E-state index in [4.69, 9.17) is 4.42 Å². The van der Waals surface area contributed by atoms with Gasteiger partial charge in [-0.2, -0.15) is 5.10 Å². The Morgan fingerprint density at radius 2 is 2.31 bits per heavy atom. The van der Waals surface area contributed by atoms with Gasteiger partial charge in [0.1, 0.15) is 17.2 Å². The van der Waals surface area contributed by atoms with Crippen molar-refractivity contribution in [2.45, 2.75) is 20.4 Å². The van der Waals surface area contributed by atoms with Gasteiger partial charge in [-0.1, -0.05) is 0 Å². The number of aryl methyl sites for hydroxylation is 2. The normalized spacial score (nSPS) is 10.4. The molecule has 0 atom stereocenters. The molecule has 0 aromatic carbocycles. The number of nitrogens with zero attached hydrogens (tertiary/aromatic N) is 1. The predicted octanol–water partition coefficient (Wildman–Crippen LogP) is 1.55. The summed E-state index contributed by atoms with van der Waals surface area (Å²) >= 11 is 0. The van der Waals surface area contributed by atoms with Gasteiger partial charge in [-0.3, -0.25) is 9.89 Å². The standard InChI is InChI=1S/C11H13N3O2/c1-7-5-10(14-13-7)11(15)12-6-9-4-3-8(2)16-9/h3-5H,6H2,1-2H3,(H,12,15)(H,13,14). The third kappa shape index (κ3) is 2.31. The van der Waals surface area contributed by atoms with Crippen LogP contribution in [-0.4, -0.2) is 16.1 Å². The molecular weight excluding hydrogens is 206 g/mol. The van der Waals surface area contributed by atoms with Crippen LogP contribution in [0.5, 0.6) is 0 Å².